The molecule has 114 valence electrons. The lowest BCUT2D eigenvalue weighted by Crippen LogP contribution is -2.26. The second-order valence-corrected chi connectivity index (χ2v) is 6.11. The Bertz CT molecular complexity index is 489. The number of hydrogen-bond donors (Lipinski definition) is 2. The van der Waals surface area contributed by atoms with Crippen molar-refractivity contribution in [3.05, 3.63) is 24.3 Å². The van der Waals surface area contributed by atoms with Crippen LogP contribution in [0.25, 0.3) is 0 Å². The first kappa shape index (κ1) is 16.9. The van der Waals surface area contributed by atoms with Crippen LogP contribution in [0.1, 0.15) is 26.7 Å². The monoisotopic (exact) mass is 300 g/mol. The van der Waals surface area contributed by atoms with E-state index in [1.54, 1.807) is 18.2 Å². The van der Waals surface area contributed by atoms with Gasteiger partial charge in [-0.1, -0.05) is 19.1 Å². The SMILES string of the molecule is CCCNc1ccccc1S(=O)(=O)NCCCOCC. The molecule has 0 aromatic heterocycles. The first-order valence-electron chi connectivity index (χ1n) is 7.02. The van der Waals surface area contributed by atoms with Gasteiger partial charge < -0.3 is 10.1 Å². The van der Waals surface area contributed by atoms with E-state index < -0.39 is 10.0 Å². The molecule has 1 aromatic carbocycles. The largest absolute Gasteiger partial charge is 0.384 e. The zero-order valence-corrected chi connectivity index (χ0v) is 13.0. The zero-order valence-electron chi connectivity index (χ0n) is 12.2. The molecule has 0 heterocycles. The number of sulfonamides is 1. The molecular weight excluding hydrogens is 276 g/mol. The van der Waals surface area contributed by atoms with E-state index in [1.165, 1.54) is 0 Å². The van der Waals surface area contributed by atoms with E-state index in [0.29, 0.717) is 36.8 Å². The van der Waals surface area contributed by atoms with Crippen LogP contribution in [0.3, 0.4) is 0 Å². The molecule has 0 aliphatic rings. The summed E-state index contributed by atoms with van der Waals surface area (Å²) in [6.07, 6.45) is 1.60. The van der Waals surface area contributed by atoms with E-state index in [9.17, 15) is 8.42 Å². The minimum atomic E-state index is -3.48. The van der Waals surface area contributed by atoms with E-state index in [-0.39, 0.29) is 0 Å². The summed E-state index contributed by atoms with van der Waals surface area (Å²) in [6.45, 7) is 6.29. The highest BCUT2D eigenvalue weighted by molar-refractivity contribution is 7.89. The highest BCUT2D eigenvalue weighted by Crippen LogP contribution is 2.20. The molecule has 6 heteroatoms. The summed E-state index contributed by atoms with van der Waals surface area (Å²) in [4.78, 5) is 0.296. The van der Waals surface area contributed by atoms with Crippen molar-refractivity contribution in [2.75, 3.05) is 31.6 Å². The maximum absolute atomic E-state index is 12.3. The van der Waals surface area contributed by atoms with Crippen molar-refractivity contribution >= 4 is 15.7 Å². The quantitative estimate of drug-likeness (QED) is 0.650. The maximum Gasteiger partial charge on any atom is 0.242 e. The Kier molecular flexibility index (Phi) is 7.58. The molecule has 0 radical (unpaired) electrons. The molecule has 0 aliphatic carbocycles. The van der Waals surface area contributed by atoms with E-state index in [0.717, 1.165) is 13.0 Å². The van der Waals surface area contributed by atoms with Crippen molar-refractivity contribution in [1.29, 1.82) is 0 Å². The number of benzene rings is 1. The van der Waals surface area contributed by atoms with Gasteiger partial charge in [0.2, 0.25) is 10.0 Å². The smallest absolute Gasteiger partial charge is 0.242 e. The van der Waals surface area contributed by atoms with Crippen molar-refractivity contribution in [3.8, 4) is 0 Å². The van der Waals surface area contributed by atoms with Crippen LogP contribution >= 0.6 is 0 Å². The lowest BCUT2D eigenvalue weighted by atomic mass is 10.3. The fraction of sp³-hybridized carbons (Fsp3) is 0.571. The normalized spacial score (nSPS) is 11.5. The van der Waals surface area contributed by atoms with Crippen molar-refractivity contribution in [2.45, 2.75) is 31.6 Å². The van der Waals surface area contributed by atoms with Gasteiger partial charge in [0.1, 0.15) is 4.90 Å². The van der Waals surface area contributed by atoms with Crippen LogP contribution in [-0.2, 0) is 14.8 Å². The summed E-state index contributed by atoms with van der Waals surface area (Å²) < 4.78 is 32.3. The van der Waals surface area contributed by atoms with Crippen molar-refractivity contribution in [2.24, 2.45) is 0 Å². The van der Waals surface area contributed by atoms with Gasteiger partial charge in [-0.05, 0) is 31.9 Å². The Morgan fingerprint density at radius 2 is 1.90 bits per heavy atom. The second kappa shape index (κ2) is 8.94. The molecule has 0 atom stereocenters. The number of ether oxygens (including phenoxy) is 1. The number of nitrogens with one attached hydrogen (secondary N) is 2. The molecule has 0 bridgehead atoms. The fourth-order valence-corrected chi connectivity index (χ4v) is 2.97. The Hall–Kier alpha value is -1.11. The molecule has 0 fully saturated rings. The molecule has 0 saturated carbocycles. The van der Waals surface area contributed by atoms with Gasteiger partial charge in [-0.25, -0.2) is 13.1 Å². The topological polar surface area (TPSA) is 67.4 Å². The summed E-state index contributed by atoms with van der Waals surface area (Å²) in [7, 11) is -3.48. The third-order valence-electron chi connectivity index (χ3n) is 2.70. The molecule has 1 aromatic rings. The Labute approximate surface area is 121 Å². The first-order valence-corrected chi connectivity index (χ1v) is 8.50. The van der Waals surface area contributed by atoms with Crippen molar-refractivity contribution < 1.29 is 13.2 Å². The standard InChI is InChI=1S/C14H24N2O3S/c1-3-10-15-13-8-5-6-9-14(13)20(17,18)16-11-7-12-19-4-2/h5-6,8-9,15-16H,3-4,7,10-12H2,1-2H3. The molecule has 0 saturated heterocycles. The highest BCUT2D eigenvalue weighted by atomic mass is 32.2. The lowest BCUT2D eigenvalue weighted by molar-refractivity contribution is 0.146. The minimum Gasteiger partial charge on any atom is -0.384 e. The predicted octanol–water partition coefficient (Wildman–Crippen LogP) is 2.21. The van der Waals surface area contributed by atoms with Crippen LogP contribution in [0.2, 0.25) is 0 Å². The molecule has 1 rings (SSSR count). The molecule has 0 unspecified atom stereocenters. The number of rotatable bonds is 10. The van der Waals surface area contributed by atoms with Gasteiger partial charge >= 0.3 is 0 Å². The fourth-order valence-electron chi connectivity index (χ4n) is 1.71. The third kappa shape index (κ3) is 5.48. The Morgan fingerprint density at radius 1 is 1.15 bits per heavy atom. The van der Waals surface area contributed by atoms with E-state index in [1.807, 2.05) is 19.9 Å². The summed E-state index contributed by atoms with van der Waals surface area (Å²) in [5.41, 5.74) is 0.645. The molecule has 20 heavy (non-hydrogen) atoms. The first-order chi connectivity index (χ1) is 9.61. The number of anilines is 1. The van der Waals surface area contributed by atoms with Crippen LogP contribution in [-0.4, -0.2) is 34.7 Å². The lowest BCUT2D eigenvalue weighted by Gasteiger charge is -2.12. The van der Waals surface area contributed by atoms with Crippen LogP contribution in [0, 0.1) is 0 Å². The highest BCUT2D eigenvalue weighted by Gasteiger charge is 2.17. The van der Waals surface area contributed by atoms with Crippen molar-refractivity contribution in [3.63, 3.8) is 0 Å². The van der Waals surface area contributed by atoms with Crippen molar-refractivity contribution in [1.82, 2.24) is 4.72 Å². The van der Waals surface area contributed by atoms with Crippen LogP contribution in [0.5, 0.6) is 0 Å². The minimum absolute atomic E-state index is 0.296. The molecule has 0 spiro atoms. The van der Waals surface area contributed by atoms with Gasteiger partial charge in [-0.2, -0.15) is 0 Å². The van der Waals surface area contributed by atoms with Gasteiger partial charge in [0.25, 0.3) is 0 Å². The molecule has 0 aliphatic heterocycles. The summed E-state index contributed by atoms with van der Waals surface area (Å²) in [6, 6.07) is 6.95. The average Bonchev–Trinajstić information content (AvgIpc) is 2.45. The molecular formula is C14H24N2O3S. The maximum atomic E-state index is 12.3. The van der Waals surface area contributed by atoms with E-state index in [4.69, 9.17) is 4.74 Å². The summed E-state index contributed by atoms with van der Waals surface area (Å²) in [5, 5.41) is 3.14. The number of para-hydroxylation sites is 1. The van der Waals surface area contributed by atoms with E-state index >= 15 is 0 Å². The van der Waals surface area contributed by atoms with Gasteiger partial charge in [0.05, 0.1) is 5.69 Å². The second-order valence-electron chi connectivity index (χ2n) is 4.37. The van der Waals surface area contributed by atoms with Gasteiger partial charge in [0, 0.05) is 26.3 Å². The van der Waals surface area contributed by atoms with Crippen LogP contribution in [0.4, 0.5) is 5.69 Å². The summed E-state index contributed by atoms with van der Waals surface area (Å²) in [5.74, 6) is 0. The molecule has 2 N–H and O–H groups in total. The van der Waals surface area contributed by atoms with Gasteiger partial charge in [-0.15, -0.1) is 0 Å². The third-order valence-corrected chi connectivity index (χ3v) is 4.22. The van der Waals surface area contributed by atoms with Crippen LogP contribution < -0.4 is 10.0 Å². The zero-order chi connectivity index (χ0) is 14.8. The predicted molar refractivity (Wildman–Crippen MR) is 81.5 cm³/mol. The average molecular weight is 300 g/mol. The molecule has 5 nitrogen and oxygen atoms in total. The number of hydrogen-bond acceptors (Lipinski definition) is 4. The van der Waals surface area contributed by atoms with Gasteiger partial charge in [-0.3, -0.25) is 0 Å². The van der Waals surface area contributed by atoms with Crippen LogP contribution in [0.15, 0.2) is 29.2 Å². The van der Waals surface area contributed by atoms with Gasteiger partial charge in [0.15, 0.2) is 0 Å². The summed E-state index contributed by atoms with van der Waals surface area (Å²) >= 11 is 0. The Balaban J connectivity index is 2.66. The molecule has 0 amide bonds. The Morgan fingerprint density at radius 3 is 2.60 bits per heavy atom. The van der Waals surface area contributed by atoms with E-state index in [2.05, 4.69) is 10.0 Å².